The average Bonchev–Trinajstić information content (AvgIpc) is 2.66. The van der Waals surface area contributed by atoms with Crippen molar-refractivity contribution in [2.75, 3.05) is 13.2 Å². The third-order valence-electron chi connectivity index (χ3n) is 4.07. The van der Waals surface area contributed by atoms with Crippen LogP contribution in [0.5, 0.6) is 0 Å². The highest BCUT2D eigenvalue weighted by Crippen LogP contribution is 2.28. The van der Waals surface area contributed by atoms with E-state index in [1.165, 1.54) is 12.8 Å². The van der Waals surface area contributed by atoms with E-state index in [0.29, 0.717) is 25.2 Å². The fourth-order valence-corrected chi connectivity index (χ4v) is 3.44. The van der Waals surface area contributed by atoms with Gasteiger partial charge in [-0.3, -0.25) is 0 Å². The molecule has 3 heteroatoms. The van der Waals surface area contributed by atoms with Crippen LogP contribution in [-0.2, 0) is 4.74 Å². The maximum atomic E-state index is 10.1. The third kappa shape index (κ3) is 7.05. The predicted molar refractivity (Wildman–Crippen MR) is 84.9 cm³/mol. The Morgan fingerprint density at radius 1 is 1.20 bits per heavy atom. The number of rotatable bonds is 7. The van der Waals surface area contributed by atoms with Gasteiger partial charge in [0.2, 0.25) is 0 Å². The second-order valence-corrected chi connectivity index (χ2v) is 8.44. The van der Waals surface area contributed by atoms with Gasteiger partial charge in [-0.1, -0.05) is 34.1 Å². The molecule has 0 aromatic carbocycles. The number of hydrogen-bond acceptors (Lipinski definition) is 3. The Morgan fingerprint density at radius 3 is 2.35 bits per heavy atom. The van der Waals surface area contributed by atoms with Gasteiger partial charge in [-0.2, -0.15) is 0 Å². The molecule has 0 bridgehead atoms. The molecular formula is C17H35NO2. The summed E-state index contributed by atoms with van der Waals surface area (Å²) in [5, 5.41) is 13.5. The first-order valence-corrected chi connectivity index (χ1v) is 8.14. The fraction of sp³-hybridized carbons (Fsp3) is 1.00. The first-order valence-electron chi connectivity index (χ1n) is 8.14. The van der Waals surface area contributed by atoms with E-state index in [9.17, 15) is 5.11 Å². The van der Waals surface area contributed by atoms with Crippen molar-refractivity contribution in [1.29, 1.82) is 0 Å². The predicted octanol–water partition coefficient (Wildman–Crippen LogP) is 3.36. The summed E-state index contributed by atoms with van der Waals surface area (Å²) in [6, 6.07) is 0. The molecule has 0 aliphatic heterocycles. The Hall–Kier alpha value is -0.120. The van der Waals surface area contributed by atoms with Gasteiger partial charge in [0.05, 0.1) is 18.8 Å². The molecule has 1 aliphatic carbocycles. The van der Waals surface area contributed by atoms with E-state index in [2.05, 4.69) is 46.9 Å². The molecule has 1 fully saturated rings. The van der Waals surface area contributed by atoms with E-state index in [1.807, 2.05) is 0 Å². The molecule has 0 aromatic heterocycles. The van der Waals surface area contributed by atoms with Crippen molar-refractivity contribution >= 4 is 0 Å². The topological polar surface area (TPSA) is 41.5 Å². The first kappa shape index (κ1) is 17.9. The van der Waals surface area contributed by atoms with Crippen LogP contribution in [0.3, 0.4) is 0 Å². The summed E-state index contributed by atoms with van der Waals surface area (Å²) < 4.78 is 5.85. The van der Waals surface area contributed by atoms with Crippen LogP contribution in [0, 0.1) is 11.3 Å². The van der Waals surface area contributed by atoms with Gasteiger partial charge < -0.3 is 15.2 Å². The van der Waals surface area contributed by atoms with Gasteiger partial charge in [0.15, 0.2) is 0 Å². The number of aliphatic hydroxyl groups is 1. The number of hydrogen-bond donors (Lipinski definition) is 2. The normalized spacial score (nSPS) is 25.9. The van der Waals surface area contributed by atoms with E-state index >= 15 is 0 Å². The van der Waals surface area contributed by atoms with Crippen molar-refractivity contribution in [3.8, 4) is 0 Å². The molecule has 3 atom stereocenters. The molecule has 120 valence electrons. The molecule has 0 saturated heterocycles. The Bertz CT molecular complexity index is 283. The Balaban J connectivity index is 2.23. The zero-order chi connectivity index (χ0) is 15.4. The molecule has 0 radical (unpaired) electrons. The standard InChI is InChI=1S/C17H35NO2/c1-13-8-7-9-15(13)20-11-14(19)10-18-17(5,6)12-16(2,3)4/h13-15,18-19H,7-12H2,1-6H3/t13-,14+,15+/m1/s1. The summed E-state index contributed by atoms with van der Waals surface area (Å²) >= 11 is 0. The summed E-state index contributed by atoms with van der Waals surface area (Å²) in [5.41, 5.74) is 0.330. The minimum Gasteiger partial charge on any atom is -0.389 e. The van der Waals surface area contributed by atoms with E-state index in [-0.39, 0.29) is 11.0 Å². The molecule has 1 rings (SSSR count). The van der Waals surface area contributed by atoms with Crippen molar-refractivity contribution in [2.45, 2.75) is 85.0 Å². The first-order chi connectivity index (χ1) is 9.09. The molecular weight excluding hydrogens is 250 g/mol. The summed E-state index contributed by atoms with van der Waals surface area (Å²) in [7, 11) is 0. The maximum absolute atomic E-state index is 10.1. The van der Waals surface area contributed by atoms with Crippen LogP contribution in [0.1, 0.15) is 67.2 Å². The molecule has 0 unspecified atom stereocenters. The lowest BCUT2D eigenvalue weighted by Gasteiger charge is -2.34. The Labute approximate surface area is 125 Å². The molecule has 20 heavy (non-hydrogen) atoms. The Morgan fingerprint density at radius 2 is 1.85 bits per heavy atom. The highest BCUT2D eigenvalue weighted by atomic mass is 16.5. The number of aliphatic hydroxyl groups excluding tert-OH is 1. The SMILES string of the molecule is C[C@@H]1CCC[C@@H]1OC[C@@H](O)CNC(C)(C)CC(C)(C)C. The highest BCUT2D eigenvalue weighted by molar-refractivity contribution is 4.84. The molecule has 0 spiro atoms. The van der Waals surface area contributed by atoms with Gasteiger partial charge in [-0.05, 0) is 44.4 Å². The summed E-state index contributed by atoms with van der Waals surface area (Å²) in [5.74, 6) is 0.646. The van der Waals surface area contributed by atoms with E-state index in [1.54, 1.807) is 0 Å². The van der Waals surface area contributed by atoms with Gasteiger partial charge >= 0.3 is 0 Å². The number of nitrogens with one attached hydrogen (secondary N) is 1. The highest BCUT2D eigenvalue weighted by Gasteiger charge is 2.27. The molecule has 0 aromatic rings. The number of β-amino-alcohol motifs (C(OH)–C–C–N with tert-alkyl or cyclic N) is 1. The molecule has 3 nitrogen and oxygen atoms in total. The minimum atomic E-state index is -0.415. The third-order valence-corrected chi connectivity index (χ3v) is 4.07. The number of ether oxygens (including phenoxy) is 1. The molecule has 2 N–H and O–H groups in total. The van der Waals surface area contributed by atoms with Crippen LogP contribution in [-0.4, -0.2) is 36.0 Å². The van der Waals surface area contributed by atoms with E-state index in [0.717, 1.165) is 12.8 Å². The quantitative estimate of drug-likeness (QED) is 0.753. The molecule has 1 saturated carbocycles. The van der Waals surface area contributed by atoms with Crippen LogP contribution in [0.2, 0.25) is 0 Å². The Kier molecular flexibility index (Phi) is 6.49. The minimum absolute atomic E-state index is 0.0415. The van der Waals surface area contributed by atoms with Crippen LogP contribution >= 0.6 is 0 Å². The van der Waals surface area contributed by atoms with Crippen molar-refractivity contribution in [3.63, 3.8) is 0 Å². The summed E-state index contributed by atoms with van der Waals surface area (Å²) in [4.78, 5) is 0. The van der Waals surface area contributed by atoms with Crippen molar-refractivity contribution in [1.82, 2.24) is 5.32 Å². The molecule has 1 aliphatic rings. The van der Waals surface area contributed by atoms with Gasteiger partial charge in [-0.25, -0.2) is 0 Å². The van der Waals surface area contributed by atoms with Crippen LogP contribution in [0.15, 0.2) is 0 Å². The fourth-order valence-electron chi connectivity index (χ4n) is 3.44. The van der Waals surface area contributed by atoms with Crippen molar-refractivity contribution < 1.29 is 9.84 Å². The second-order valence-electron chi connectivity index (χ2n) is 8.44. The summed E-state index contributed by atoms with van der Waals surface area (Å²) in [6.07, 6.45) is 4.69. The van der Waals surface area contributed by atoms with Crippen LogP contribution in [0.25, 0.3) is 0 Å². The zero-order valence-electron chi connectivity index (χ0n) is 14.3. The largest absolute Gasteiger partial charge is 0.389 e. The van der Waals surface area contributed by atoms with Gasteiger partial charge in [-0.15, -0.1) is 0 Å². The second kappa shape index (κ2) is 7.24. The molecule has 0 heterocycles. The molecule has 0 amide bonds. The lowest BCUT2D eigenvalue weighted by atomic mass is 9.82. The monoisotopic (exact) mass is 285 g/mol. The van der Waals surface area contributed by atoms with E-state index < -0.39 is 6.10 Å². The van der Waals surface area contributed by atoms with Crippen LogP contribution < -0.4 is 5.32 Å². The van der Waals surface area contributed by atoms with Gasteiger partial charge in [0.25, 0.3) is 0 Å². The summed E-state index contributed by atoms with van der Waals surface area (Å²) in [6.45, 7) is 14.4. The van der Waals surface area contributed by atoms with E-state index in [4.69, 9.17) is 4.74 Å². The maximum Gasteiger partial charge on any atom is 0.0898 e. The lowest BCUT2D eigenvalue weighted by Crippen LogP contribution is -2.46. The van der Waals surface area contributed by atoms with Crippen LogP contribution in [0.4, 0.5) is 0 Å². The van der Waals surface area contributed by atoms with Crippen molar-refractivity contribution in [3.05, 3.63) is 0 Å². The van der Waals surface area contributed by atoms with Gasteiger partial charge in [0, 0.05) is 12.1 Å². The van der Waals surface area contributed by atoms with Crippen molar-refractivity contribution in [2.24, 2.45) is 11.3 Å². The van der Waals surface area contributed by atoms with Gasteiger partial charge in [0.1, 0.15) is 0 Å². The lowest BCUT2D eigenvalue weighted by molar-refractivity contribution is -0.0232. The zero-order valence-corrected chi connectivity index (χ0v) is 14.3. The average molecular weight is 285 g/mol. The smallest absolute Gasteiger partial charge is 0.0898 e.